The van der Waals surface area contributed by atoms with Crippen molar-refractivity contribution in [3.63, 3.8) is 0 Å². The second-order valence-corrected chi connectivity index (χ2v) is 6.49. The fraction of sp³-hybridized carbons (Fsp3) is 0.500. The average Bonchev–Trinajstić information content (AvgIpc) is 3.14. The van der Waals surface area contributed by atoms with Crippen molar-refractivity contribution in [3.05, 3.63) is 34.9 Å². The summed E-state index contributed by atoms with van der Waals surface area (Å²) in [6.07, 6.45) is -2.99. The fourth-order valence-electron chi connectivity index (χ4n) is 2.84. The van der Waals surface area contributed by atoms with Crippen molar-refractivity contribution in [2.75, 3.05) is 0 Å². The van der Waals surface area contributed by atoms with Crippen molar-refractivity contribution in [1.82, 2.24) is 15.5 Å². The van der Waals surface area contributed by atoms with Gasteiger partial charge in [-0.1, -0.05) is 26.3 Å². The van der Waals surface area contributed by atoms with Crippen LogP contribution in [-0.2, 0) is 28.9 Å². The first-order chi connectivity index (χ1) is 12.7. The Bertz CT molecular complexity index is 734. The van der Waals surface area contributed by atoms with Gasteiger partial charge in [-0.05, 0) is 29.7 Å². The Kier molecular flexibility index (Phi) is 6.45. The van der Waals surface area contributed by atoms with E-state index in [2.05, 4.69) is 24.5 Å². The van der Waals surface area contributed by atoms with Gasteiger partial charge in [0.25, 0.3) is 5.91 Å². The second-order valence-electron chi connectivity index (χ2n) is 6.49. The van der Waals surface area contributed by atoms with Crippen LogP contribution in [0.3, 0.4) is 0 Å². The third kappa shape index (κ3) is 5.21. The van der Waals surface area contributed by atoms with E-state index in [4.69, 9.17) is 0 Å². The monoisotopic (exact) mass is 385 g/mol. The van der Waals surface area contributed by atoms with E-state index in [1.54, 1.807) is 0 Å². The molecule has 2 aliphatic rings. The molecule has 2 heterocycles. The summed E-state index contributed by atoms with van der Waals surface area (Å²) in [4.78, 5) is 36.0. The van der Waals surface area contributed by atoms with Crippen LogP contribution < -0.4 is 10.6 Å². The minimum atomic E-state index is -4.42. The maximum absolute atomic E-state index is 12.7. The van der Waals surface area contributed by atoms with E-state index in [-0.39, 0.29) is 31.8 Å². The third-order valence-corrected chi connectivity index (χ3v) is 4.11. The summed E-state index contributed by atoms with van der Waals surface area (Å²) >= 11 is 0. The Labute approximate surface area is 155 Å². The highest BCUT2D eigenvalue weighted by Gasteiger charge is 2.34. The van der Waals surface area contributed by atoms with Crippen LogP contribution in [0.4, 0.5) is 18.0 Å². The van der Waals surface area contributed by atoms with Crippen molar-refractivity contribution in [2.24, 2.45) is 0 Å². The lowest BCUT2D eigenvalue weighted by molar-refractivity contribution is -0.137. The van der Waals surface area contributed by atoms with Crippen LogP contribution in [0.25, 0.3) is 0 Å². The van der Waals surface area contributed by atoms with Crippen molar-refractivity contribution < 1.29 is 27.6 Å². The number of nitrogens with one attached hydrogen (secondary N) is 2. The predicted octanol–water partition coefficient (Wildman–Crippen LogP) is 2.95. The highest BCUT2D eigenvalue weighted by Crippen LogP contribution is 2.33. The first-order valence-corrected chi connectivity index (χ1v) is 8.73. The molecule has 1 aromatic carbocycles. The van der Waals surface area contributed by atoms with Gasteiger partial charge in [-0.15, -0.1) is 0 Å². The molecule has 2 N–H and O–H groups in total. The molecular weight excluding hydrogens is 363 g/mol. The van der Waals surface area contributed by atoms with Gasteiger partial charge in [0.2, 0.25) is 5.91 Å². The van der Waals surface area contributed by atoms with Crippen LogP contribution in [0.1, 0.15) is 49.8 Å². The summed E-state index contributed by atoms with van der Waals surface area (Å²) in [6.45, 7) is 4.61. The number of nitrogens with zero attached hydrogens (tertiary/aromatic N) is 1. The number of imide groups is 1. The first kappa shape index (κ1) is 20.7. The molecule has 3 rings (SSSR count). The summed E-state index contributed by atoms with van der Waals surface area (Å²) in [5.74, 6) is -0.749. The second kappa shape index (κ2) is 8.41. The normalized spacial score (nSPS) is 18.4. The largest absolute Gasteiger partial charge is 0.416 e. The molecule has 4 amide bonds. The molecule has 0 spiro atoms. The van der Waals surface area contributed by atoms with Crippen molar-refractivity contribution >= 4 is 17.8 Å². The lowest BCUT2D eigenvalue weighted by atomic mass is 10.1. The van der Waals surface area contributed by atoms with Gasteiger partial charge in [0.15, 0.2) is 0 Å². The number of benzene rings is 1. The van der Waals surface area contributed by atoms with E-state index in [9.17, 15) is 27.6 Å². The molecule has 1 saturated heterocycles. The van der Waals surface area contributed by atoms with Crippen LogP contribution in [0.15, 0.2) is 18.2 Å². The first-order valence-electron chi connectivity index (χ1n) is 8.73. The molecule has 6 nitrogen and oxygen atoms in total. The van der Waals surface area contributed by atoms with Crippen LogP contribution in [-0.4, -0.2) is 28.8 Å². The molecule has 0 radical (unpaired) electrons. The number of fused-ring (bicyclic) bond motifs is 1. The molecule has 0 saturated carbocycles. The molecule has 1 fully saturated rings. The van der Waals surface area contributed by atoms with Crippen molar-refractivity contribution in [2.45, 2.75) is 58.4 Å². The van der Waals surface area contributed by atoms with E-state index in [1.165, 1.54) is 17.4 Å². The number of hydrogen-bond acceptors (Lipinski definition) is 3. The Balaban J connectivity index is 0.000000817. The molecule has 1 unspecified atom stereocenters. The van der Waals surface area contributed by atoms with E-state index >= 15 is 0 Å². The Morgan fingerprint density at radius 1 is 1.19 bits per heavy atom. The smallest absolute Gasteiger partial charge is 0.334 e. The summed E-state index contributed by atoms with van der Waals surface area (Å²) in [7, 11) is 0. The minimum absolute atomic E-state index is 0.0263. The lowest BCUT2D eigenvalue weighted by Gasteiger charge is -2.16. The van der Waals surface area contributed by atoms with Crippen LogP contribution in [0.2, 0.25) is 0 Å². The number of carbonyl (C=O) groups is 3. The molecule has 148 valence electrons. The maximum atomic E-state index is 12.7. The Hall–Kier alpha value is -2.58. The lowest BCUT2D eigenvalue weighted by Crippen LogP contribution is -2.32. The zero-order chi connectivity index (χ0) is 20.2. The maximum Gasteiger partial charge on any atom is 0.416 e. The molecular formula is C18H22F3N3O3. The summed E-state index contributed by atoms with van der Waals surface area (Å²) in [5, 5.41) is 4.47. The molecule has 0 bridgehead atoms. The van der Waals surface area contributed by atoms with Gasteiger partial charge in [-0.2, -0.15) is 13.2 Å². The molecule has 0 aromatic heterocycles. The highest BCUT2D eigenvalue weighted by atomic mass is 19.4. The molecule has 1 aromatic rings. The van der Waals surface area contributed by atoms with Crippen molar-refractivity contribution in [1.29, 1.82) is 0 Å². The average molecular weight is 385 g/mol. The number of carbonyl (C=O) groups excluding carboxylic acids is 3. The van der Waals surface area contributed by atoms with Gasteiger partial charge >= 0.3 is 12.2 Å². The van der Waals surface area contributed by atoms with Crippen LogP contribution >= 0.6 is 0 Å². The number of halogens is 3. The number of amides is 4. The van der Waals surface area contributed by atoms with Gasteiger partial charge < -0.3 is 10.2 Å². The quantitative estimate of drug-likeness (QED) is 0.786. The third-order valence-electron chi connectivity index (χ3n) is 4.11. The number of alkyl halides is 3. The van der Waals surface area contributed by atoms with E-state index in [0.717, 1.165) is 12.1 Å². The number of hydrogen-bond donors (Lipinski definition) is 2. The van der Waals surface area contributed by atoms with Gasteiger partial charge in [-0.25, -0.2) is 4.79 Å². The van der Waals surface area contributed by atoms with E-state index in [1.807, 2.05) is 0 Å². The van der Waals surface area contributed by atoms with Crippen LogP contribution in [0.5, 0.6) is 0 Å². The van der Waals surface area contributed by atoms with Gasteiger partial charge in [-0.3, -0.25) is 14.9 Å². The zero-order valence-corrected chi connectivity index (χ0v) is 15.2. The summed E-state index contributed by atoms with van der Waals surface area (Å²) in [6, 6.07) is 2.11. The Morgan fingerprint density at radius 3 is 2.37 bits per heavy atom. The SMILES string of the molecule is CCC.O=C1NC(=O)C(CCC(=O)N2Cc3ccc(C(F)(F)F)cc3C2)N1. The molecule has 27 heavy (non-hydrogen) atoms. The van der Waals surface area contributed by atoms with Crippen LogP contribution in [0, 0.1) is 0 Å². The summed E-state index contributed by atoms with van der Waals surface area (Å²) < 4.78 is 38.2. The van der Waals surface area contributed by atoms with E-state index in [0.29, 0.717) is 11.1 Å². The topological polar surface area (TPSA) is 78.5 Å². The number of rotatable bonds is 3. The molecule has 0 aliphatic carbocycles. The molecule has 9 heteroatoms. The zero-order valence-electron chi connectivity index (χ0n) is 15.2. The fourth-order valence-corrected chi connectivity index (χ4v) is 2.84. The molecule has 1 atom stereocenters. The predicted molar refractivity (Wildman–Crippen MR) is 91.4 cm³/mol. The number of urea groups is 1. The molecule has 2 aliphatic heterocycles. The van der Waals surface area contributed by atoms with Gasteiger partial charge in [0.1, 0.15) is 6.04 Å². The Morgan fingerprint density at radius 2 is 1.81 bits per heavy atom. The minimum Gasteiger partial charge on any atom is -0.334 e. The van der Waals surface area contributed by atoms with Gasteiger partial charge in [0.05, 0.1) is 5.56 Å². The summed E-state index contributed by atoms with van der Waals surface area (Å²) in [5.41, 5.74) is 0.425. The van der Waals surface area contributed by atoms with Gasteiger partial charge in [0, 0.05) is 19.5 Å². The highest BCUT2D eigenvalue weighted by molar-refractivity contribution is 6.04. The van der Waals surface area contributed by atoms with E-state index < -0.39 is 29.7 Å². The van der Waals surface area contributed by atoms with Crippen molar-refractivity contribution in [3.8, 4) is 0 Å². The standard InChI is InChI=1S/C15H14F3N3O3.C3H8/c16-15(17,18)10-2-1-8-6-21(7-9(8)5-10)12(22)4-3-11-13(23)20-14(24)19-11;1-3-2/h1-2,5,11H,3-4,6-7H2,(H2,19,20,23,24);3H2,1-2H3.